The van der Waals surface area contributed by atoms with Gasteiger partial charge in [0.15, 0.2) is 0 Å². The number of hydrogen-bond donors (Lipinski definition) is 1. The Labute approximate surface area is 121 Å². The van der Waals surface area contributed by atoms with Gasteiger partial charge in [0.2, 0.25) is 0 Å². The van der Waals surface area contributed by atoms with E-state index in [1.165, 1.54) is 11.1 Å². The molecule has 1 atom stereocenters. The molecule has 0 heterocycles. The predicted molar refractivity (Wildman–Crippen MR) is 83.8 cm³/mol. The fourth-order valence-electron chi connectivity index (χ4n) is 2.08. The molecule has 2 N–H and O–H groups in total. The summed E-state index contributed by atoms with van der Waals surface area (Å²) in [7, 11) is 0. The van der Waals surface area contributed by atoms with Crippen molar-refractivity contribution in [1.29, 1.82) is 0 Å². The highest BCUT2D eigenvalue weighted by Gasteiger charge is 2.03. The molecule has 0 saturated heterocycles. The number of ether oxygens (including phenoxy) is 1. The molecule has 0 aliphatic carbocycles. The van der Waals surface area contributed by atoms with Crippen LogP contribution in [0.15, 0.2) is 48.5 Å². The molecule has 106 valence electrons. The van der Waals surface area contributed by atoms with Crippen LogP contribution in [0.25, 0.3) is 0 Å². The molecule has 2 rings (SSSR count). The first-order valence-electron chi connectivity index (χ1n) is 7.29. The normalized spacial score (nSPS) is 12.2. The summed E-state index contributed by atoms with van der Waals surface area (Å²) in [6.07, 6.45) is 2.02. The summed E-state index contributed by atoms with van der Waals surface area (Å²) in [5.41, 5.74) is 9.70. The minimum absolute atomic E-state index is 0.116. The molecule has 2 aromatic carbocycles. The smallest absolute Gasteiger partial charge is 0.119 e. The highest BCUT2D eigenvalue weighted by Crippen LogP contribution is 2.19. The molecule has 0 aromatic heterocycles. The molecule has 20 heavy (non-hydrogen) atoms. The molecule has 0 amide bonds. The first-order valence-corrected chi connectivity index (χ1v) is 7.29. The van der Waals surface area contributed by atoms with Crippen molar-refractivity contribution < 1.29 is 4.74 Å². The summed E-state index contributed by atoms with van der Waals surface area (Å²) in [6.45, 7) is 4.85. The zero-order valence-corrected chi connectivity index (χ0v) is 12.3. The van der Waals surface area contributed by atoms with E-state index in [-0.39, 0.29) is 6.04 Å². The lowest BCUT2D eigenvalue weighted by Crippen LogP contribution is -2.08. The lowest BCUT2D eigenvalue weighted by molar-refractivity contribution is 0.306. The number of hydrogen-bond acceptors (Lipinski definition) is 2. The van der Waals surface area contributed by atoms with E-state index in [0.717, 1.165) is 24.2 Å². The summed E-state index contributed by atoms with van der Waals surface area (Å²) in [6, 6.07) is 16.7. The fraction of sp³-hybridized carbons (Fsp3) is 0.333. The molecule has 0 saturated carbocycles. The second-order valence-electron chi connectivity index (χ2n) is 5.04. The highest BCUT2D eigenvalue weighted by atomic mass is 16.5. The number of aryl methyl sites for hydroxylation is 1. The summed E-state index contributed by atoms with van der Waals surface area (Å²) >= 11 is 0. The first-order chi connectivity index (χ1) is 9.72. The maximum atomic E-state index is 6.00. The molecular weight excluding hydrogens is 246 g/mol. The van der Waals surface area contributed by atoms with E-state index in [0.29, 0.717) is 6.61 Å². The fourth-order valence-corrected chi connectivity index (χ4v) is 2.08. The summed E-state index contributed by atoms with van der Waals surface area (Å²) in [5, 5.41) is 0. The molecule has 2 nitrogen and oxygen atoms in total. The highest BCUT2D eigenvalue weighted by molar-refractivity contribution is 5.29. The van der Waals surface area contributed by atoms with Crippen molar-refractivity contribution in [1.82, 2.24) is 0 Å². The molecular formula is C18H23NO. The Balaban J connectivity index is 1.93. The van der Waals surface area contributed by atoms with E-state index in [1.807, 2.05) is 24.3 Å². The first kappa shape index (κ1) is 14.6. The van der Waals surface area contributed by atoms with Crippen LogP contribution in [0, 0.1) is 0 Å². The topological polar surface area (TPSA) is 35.2 Å². The largest absolute Gasteiger partial charge is 0.489 e. The molecule has 1 unspecified atom stereocenters. The van der Waals surface area contributed by atoms with E-state index in [9.17, 15) is 0 Å². The zero-order chi connectivity index (χ0) is 14.4. The van der Waals surface area contributed by atoms with Gasteiger partial charge in [-0.25, -0.2) is 0 Å². The molecule has 0 aliphatic heterocycles. The molecule has 0 spiro atoms. The standard InChI is InChI=1S/C18H23NO/c1-3-14-5-7-15(8-6-14)13-20-17-11-9-16(10-12-17)18(19)4-2/h5-12,18H,3-4,13,19H2,1-2H3. The van der Waals surface area contributed by atoms with Gasteiger partial charge in [-0.15, -0.1) is 0 Å². The van der Waals surface area contributed by atoms with Crippen LogP contribution in [0.4, 0.5) is 0 Å². The second kappa shape index (κ2) is 7.11. The van der Waals surface area contributed by atoms with E-state index >= 15 is 0 Å². The van der Waals surface area contributed by atoms with Gasteiger partial charge in [0, 0.05) is 6.04 Å². The third kappa shape index (κ3) is 3.84. The molecule has 0 fully saturated rings. The van der Waals surface area contributed by atoms with Crippen LogP contribution in [-0.2, 0) is 13.0 Å². The third-order valence-electron chi connectivity index (χ3n) is 3.58. The van der Waals surface area contributed by atoms with Crippen molar-refractivity contribution in [3.8, 4) is 5.75 Å². The average molecular weight is 269 g/mol. The Bertz CT molecular complexity index is 516. The van der Waals surface area contributed by atoms with E-state index in [2.05, 4.69) is 38.1 Å². The Morgan fingerprint density at radius 2 is 1.50 bits per heavy atom. The summed E-state index contributed by atoms with van der Waals surface area (Å²) in [4.78, 5) is 0. The maximum Gasteiger partial charge on any atom is 0.119 e. The van der Waals surface area contributed by atoms with Gasteiger partial charge in [-0.05, 0) is 41.7 Å². The lowest BCUT2D eigenvalue weighted by Gasteiger charge is -2.11. The van der Waals surface area contributed by atoms with Crippen molar-refractivity contribution >= 4 is 0 Å². The number of benzene rings is 2. The van der Waals surface area contributed by atoms with Gasteiger partial charge in [-0.3, -0.25) is 0 Å². The van der Waals surface area contributed by atoms with Crippen LogP contribution < -0.4 is 10.5 Å². The van der Waals surface area contributed by atoms with Crippen molar-refractivity contribution in [2.45, 2.75) is 39.3 Å². The van der Waals surface area contributed by atoms with Crippen LogP contribution in [0.3, 0.4) is 0 Å². The summed E-state index contributed by atoms with van der Waals surface area (Å²) in [5.74, 6) is 0.886. The number of rotatable bonds is 6. The van der Waals surface area contributed by atoms with Crippen molar-refractivity contribution in [3.63, 3.8) is 0 Å². The van der Waals surface area contributed by atoms with Gasteiger partial charge >= 0.3 is 0 Å². The Morgan fingerprint density at radius 1 is 0.900 bits per heavy atom. The average Bonchev–Trinajstić information content (AvgIpc) is 2.53. The van der Waals surface area contributed by atoms with E-state index in [1.54, 1.807) is 0 Å². The van der Waals surface area contributed by atoms with Crippen molar-refractivity contribution in [2.75, 3.05) is 0 Å². The van der Waals surface area contributed by atoms with Crippen LogP contribution in [0.1, 0.15) is 43.0 Å². The van der Waals surface area contributed by atoms with Gasteiger partial charge in [0.25, 0.3) is 0 Å². The van der Waals surface area contributed by atoms with Crippen LogP contribution in [0.2, 0.25) is 0 Å². The quantitative estimate of drug-likeness (QED) is 0.851. The minimum atomic E-state index is 0.116. The van der Waals surface area contributed by atoms with Crippen LogP contribution in [-0.4, -0.2) is 0 Å². The third-order valence-corrected chi connectivity index (χ3v) is 3.58. The second-order valence-corrected chi connectivity index (χ2v) is 5.04. The van der Waals surface area contributed by atoms with Gasteiger partial charge in [-0.2, -0.15) is 0 Å². The molecule has 0 radical (unpaired) electrons. The molecule has 2 heteroatoms. The maximum absolute atomic E-state index is 6.00. The predicted octanol–water partition coefficient (Wildman–Crippen LogP) is 4.24. The lowest BCUT2D eigenvalue weighted by atomic mass is 10.1. The monoisotopic (exact) mass is 269 g/mol. The van der Waals surface area contributed by atoms with Crippen molar-refractivity contribution in [2.24, 2.45) is 5.73 Å². The van der Waals surface area contributed by atoms with Gasteiger partial charge < -0.3 is 10.5 Å². The molecule has 0 bridgehead atoms. The van der Waals surface area contributed by atoms with Crippen LogP contribution >= 0.6 is 0 Å². The van der Waals surface area contributed by atoms with Crippen LogP contribution in [0.5, 0.6) is 5.75 Å². The number of nitrogens with two attached hydrogens (primary N) is 1. The van der Waals surface area contributed by atoms with Gasteiger partial charge in [-0.1, -0.05) is 50.2 Å². The van der Waals surface area contributed by atoms with E-state index in [4.69, 9.17) is 10.5 Å². The Morgan fingerprint density at radius 3 is 2.05 bits per heavy atom. The SMILES string of the molecule is CCc1ccc(COc2ccc(C(N)CC)cc2)cc1. The molecule has 0 aliphatic rings. The molecule has 2 aromatic rings. The zero-order valence-electron chi connectivity index (χ0n) is 12.3. The van der Waals surface area contributed by atoms with Gasteiger partial charge in [0.05, 0.1) is 0 Å². The van der Waals surface area contributed by atoms with Gasteiger partial charge in [0.1, 0.15) is 12.4 Å². The van der Waals surface area contributed by atoms with Crippen molar-refractivity contribution in [3.05, 3.63) is 65.2 Å². The van der Waals surface area contributed by atoms with E-state index < -0.39 is 0 Å². The summed E-state index contributed by atoms with van der Waals surface area (Å²) < 4.78 is 5.79. The minimum Gasteiger partial charge on any atom is -0.489 e. The Kier molecular flexibility index (Phi) is 5.19. The Hall–Kier alpha value is -1.80.